The van der Waals surface area contributed by atoms with Crippen LogP contribution in [0.2, 0.25) is 0 Å². The maximum Gasteiger partial charge on any atom is 0.416 e. The number of fused-ring (bicyclic) bond motifs is 1. The molecule has 1 amide bonds. The first-order valence-electron chi connectivity index (χ1n) is 8.90. The van der Waals surface area contributed by atoms with Crippen molar-refractivity contribution in [3.63, 3.8) is 0 Å². The summed E-state index contributed by atoms with van der Waals surface area (Å²) in [6, 6.07) is 11.4. The summed E-state index contributed by atoms with van der Waals surface area (Å²) in [5.74, 6) is -0.553. The number of nitrogens with zero attached hydrogens (tertiary/aromatic N) is 2. The Hall–Kier alpha value is -3.62. The normalized spacial score (nSPS) is 11.7. The Kier molecular flexibility index (Phi) is 5.03. The van der Waals surface area contributed by atoms with Crippen LogP contribution in [0, 0.1) is 0 Å². The third-order valence-corrected chi connectivity index (χ3v) is 4.60. The maximum absolute atomic E-state index is 13.2. The highest BCUT2D eigenvalue weighted by Crippen LogP contribution is 2.34. The molecule has 0 aliphatic heterocycles. The van der Waals surface area contributed by atoms with Gasteiger partial charge in [-0.15, -0.1) is 0 Å². The number of hydrogen-bond acceptors (Lipinski definition) is 3. The van der Waals surface area contributed by atoms with Gasteiger partial charge in [0, 0.05) is 5.39 Å². The van der Waals surface area contributed by atoms with Gasteiger partial charge in [0.15, 0.2) is 5.82 Å². The van der Waals surface area contributed by atoms with Crippen LogP contribution in [0.1, 0.15) is 27.0 Å². The number of rotatable bonds is 5. The zero-order chi connectivity index (χ0) is 21.3. The average molecular weight is 417 g/mol. The highest BCUT2D eigenvalue weighted by molar-refractivity contribution is 6.07. The van der Waals surface area contributed by atoms with Gasteiger partial charge in [0.25, 0.3) is 5.91 Å². The van der Waals surface area contributed by atoms with E-state index in [4.69, 9.17) is 4.42 Å². The quantitative estimate of drug-likeness (QED) is 0.441. The van der Waals surface area contributed by atoms with Crippen molar-refractivity contribution >= 4 is 22.6 Å². The van der Waals surface area contributed by atoms with Gasteiger partial charge in [0.1, 0.15) is 12.9 Å². The first-order valence-corrected chi connectivity index (χ1v) is 8.90. The van der Waals surface area contributed by atoms with Crippen LogP contribution >= 0.6 is 0 Å². The summed E-state index contributed by atoms with van der Waals surface area (Å²) in [6.07, 6.45) is -2.00. The van der Waals surface area contributed by atoms with E-state index in [9.17, 15) is 22.4 Å². The van der Waals surface area contributed by atoms with Gasteiger partial charge in [-0.1, -0.05) is 24.3 Å². The van der Waals surface area contributed by atoms with Crippen LogP contribution in [0.25, 0.3) is 10.9 Å². The Morgan fingerprint density at radius 2 is 1.80 bits per heavy atom. The number of hydrogen-bond donors (Lipinski definition) is 1. The Morgan fingerprint density at radius 3 is 2.43 bits per heavy atom. The van der Waals surface area contributed by atoms with E-state index in [1.165, 1.54) is 29.3 Å². The number of anilines is 1. The Bertz CT molecular complexity index is 1180. The van der Waals surface area contributed by atoms with Crippen LogP contribution in [0.5, 0.6) is 0 Å². The number of furan rings is 1. The second kappa shape index (κ2) is 7.66. The molecule has 0 fully saturated rings. The minimum absolute atomic E-state index is 0.00248. The molecule has 0 unspecified atom stereocenters. The molecular weight excluding hydrogens is 402 g/mol. The topological polar surface area (TPSA) is 60.1 Å². The van der Waals surface area contributed by atoms with Gasteiger partial charge in [-0.25, -0.2) is 4.39 Å². The molecule has 154 valence electrons. The van der Waals surface area contributed by atoms with Crippen LogP contribution in [-0.4, -0.2) is 15.7 Å². The summed E-state index contributed by atoms with van der Waals surface area (Å²) in [4.78, 5) is 12.4. The zero-order valence-electron chi connectivity index (χ0n) is 15.4. The molecule has 4 rings (SSSR count). The lowest BCUT2D eigenvalue weighted by Crippen LogP contribution is -2.12. The first kappa shape index (κ1) is 19.7. The van der Waals surface area contributed by atoms with Gasteiger partial charge in [0.05, 0.1) is 29.5 Å². The van der Waals surface area contributed by atoms with Gasteiger partial charge >= 0.3 is 6.18 Å². The molecule has 0 bridgehead atoms. The number of carbonyl (C=O) groups is 1. The number of aromatic nitrogens is 2. The molecule has 2 heterocycles. The summed E-state index contributed by atoms with van der Waals surface area (Å²) in [6.45, 7) is -0.356. The lowest BCUT2D eigenvalue weighted by atomic mass is 10.1. The van der Waals surface area contributed by atoms with E-state index in [0.29, 0.717) is 11.1 Å². The summed E-state index contributed by atoms with van der Waals surface area (Å²) in [5, 5.41) is 7.01. The lowest BCUT2D eigenvalue weighted by Gasteiger charge is -2.08. The average Bonchev–Trinajstić information content (AvgIpc) is 3.37. The van der Waals surface area contributed by atoms with Crippen molar-refractivity contribution in [2.75, 3.05) is 5.32 Å². The fourth-order valence-electron chi connectivity index (χ4n) is 3.05. The minimum Gasteiger partial charge on any atom is -0.472 e. The van der Waals surface area contributed by atoms with Crippen molar-refractivity contribution in [3.05, 3.63) is 83.3 Å². The smallest absolute Gasteiger partial charge is 0.416 e. The van der Waals surface area contributed by atoms with Crippen LogP contribution < -0.4 is 5.32 Å². The zero-order valence-corrected chi connectivity index (χ0v) is 15.4. The number of alkyl halides is 4. The molecule has 30 heavy (non-hydrogen) atoms. The largest absolute Gasteiger partial charge is 0.472 e. The molecule has 0 saturated carbocycles. The van der Waals surface area contributed by atoms with E-state index in [2.05, 4.69) is 10.4 Å². The molecule has 2 aromatic carbocycles. The molecule has 0 atom stereocenters. The van der Waals surface area contributed by atoms with Crippen LogP contribution in [0.15, 0.2) is 65.5 Å². The van der Waals surface area contributed by atoms with Crippen molar-refractivity contribution in [1.29, 1.82) is 0 Å². The number of amides is 1. The van der Waals surface area contributed by atoms with Crippen molar-refractivity contribution in [3.8, 4) is 0 Å². The van der Waals surface area contributed by atoms with Crippen molar-refractivity contribution < 1.29 is 26.8 Å². The Labute approximate surface area is 167 Å². The highest BCUT2D eigenvalue weighted by Gasteiger charge is 2.31. The minimum atomic E-state index is -4.54. The molecule has 2 aromatic heterocycles. The molecule has 1 N–H and O–H groups in total. The van der Waals surface area contributed by atoms with Crippen molar-refractivity contribution in [2.24, 2.45) is 0 Å². The SMILES string of the molecule is O=C(Nc1nn(Cc2ccc(CF)cc2)c2ccc(C(F)(F)F)cc12)c1ccoc1. The van der Waals surface area contributed by atoms with Crippen LogP contribution in [-0.2, 0) is 19.4 Å². The summed E-state index contributed by atoms with van der Waals surface area (Å²) in [7, 11) is 0. The predicted octanol–water partition coefficient (Wildman–Crippen LogP) is 5.42. The molecule has 0 radical (unpaired) electrons. The predicted molar refractivity (Wildman–Crippen MR) is 102 cm³/mol. The third-order valence-electron chi connectivity index (χ3n) is 4.60. The second-order valence-electron chi connectivity index (χ2n) is 6.65. The molecule has 0 aliphatic rings. The maximum atomic E-state index is 13.2. The molecule has 4 aromatic rings. The van der Waals surface area contributed by atoms with Gasteiger partial charge in [0.2, 0.25) is 0 Å². The fourth-order valence-corrected chi connectivity index (χ4v) is 3.05. The van der Waals surface area contributed by atoms with Crippen molar-refractivity contribution in [2.45, 2.75) is 19.4 Å². The number of nitrogens with one attached hydrogen (secondary N) is 1. The van der Waals surface area contributed by atoms with E-state index in [1.54, 1.807) is 24.3 Å². The van der Waals surface area contributed by atoms with Gasteiger partial charge in [-0.3, -0.25) is 9.48 Å². The number of carbonyl (C=O) groups excluding carboxylic acids is 1. The third kappa shape index (κ3) is 3.91. The lowest BCUT2D eigenvalue weighted by molar-refractivity contribution is -0.137. The van der Waals surface area contributed by atoms with E-state index in [1.807, 2.05) is 0 Å². The molecule has 0 spiro atoms. The van der Waals surface area contributed by atoms with Gasteiger partial charge in [-0.2, -0.15) is 18.3 Å². The molecule has 9 heteroatoms. The number of benzene rings is 2. The standard InChI is InChI=1S/C21H15F4N3O2/c22-10-13-1-3-14(4-2-13)11-28-18-6-5-16(21(23,24)25)9-17(18)19(27-28)26-20(29)15-7-8-30-12-15/h1-9,12H,10-11H2,(H,26,27,29). The van der Waals surface area contributed by atoms with Crippen LogP contribution in [0.4, 0.5) is 23.4 Å². The molecule has 0 aliphatic carbocycles. The molecule has 0 saturated heterocycles. The second-order valence-corrected chi connectivity index (χ2v) is 6.65. The number of halogens is 4. The highest BCUT2D eigenvalue weighted by atomic mass is 19.4. The summed E-state index contributed by atoms with van der Waals surface area (Å²) in [5.41, 5.74) is 1.09. The summed E-state index contributed by atoms with van der Waals surface area (Å²) < 4.78 is 58.7. The Morgan fingerprint density at radius 1 is 1.07 bits per heavy atom. The Balaban J connectivity index is 1.75. The van der Waals surface area contributed by atoms with Crippen molar-refractivity contribution in [1.82, 2.24) is 9.78 Å². The molecule has 5 nitrogen and oxygen atoms in total. The van der Waals surface area contributed by atoms with E-state index >= 15 is 0 Å². The van der Waals surface area contributed by atoms with Crippen LogP contribution in [0.3, 0.4) is 0 Å². The fraction of sp³-hybridized carbons (Fsp3) is 0.143. The summed E-state index contributed by atoms with van der Waals surface area (Å²) >= 11 is 0. The molecular formula is C21H15F4N3O2. The van der Waals surface area contributed by atoms with Gasteiger partial charge in [-0.05, 0) is 35.4 Å². The van der Waals surface area contributed by atoms with Gasteiger partial charge < -0.3 is 9.73 Å². The van der Waals surface area contributed by atoms with E-state index in [-0.39, 0.29) is 23.3 Å². The first-order chi connectivity index (χ1) is 14.3. The van der Waals surface area contributed by atoms with E-state index < -0.39 is 24.3 Å². The van der Waals surface area contributed by atoms with E-state index in [0.717, 1.165) is 17.7 Å². The monoisotopic (exact) mass is 417 g/mol.